The second-order valence-corrected chi connectivity index (χ2v) is 6.84. The molecule has 0 saturated heterocycles. The van der Waals surface area contributed by atoms with Crippen LogP contribution in [0.5, 0.6) is 5.75 Å². The van der Waals surface area contributed by atoms with Crippen LogP contribution in [0.2, 0.25) is 0 Å². The Morgan fingerprint density at radius 1 is 1.20 bits per heavy atom. The summed E-state index contributed by atoms with van der Waals surface area (Å²) in [7, 11) is 0. The highest BCUT2D eigenvalue weighted by Gasteiger charge is 2.18. The number of hydrazine groups is 1. The number of halogens is 2. The highest BCUT2D eigenvalue weighted by atomic mass is 32.1. The summed E-state index contributed by atoms with van der Waals surface area (Å²) in [6, 6.07) is 8.19. The lowest BCUT2D eigenvalue weighted by Gasteiger charge is -2.14. The molecule has 1 heterocycles. The molecule has 1 aliphatic rings. The lowest BCUT2D eigenvalue weighted by atomic mass is 9.99. The average molecular weight is 364 g/mol. The highest BCUT2D eigenvalue weighted by molar-refractivity contribution is 7.14. The molecule has 1 aromatic heterocycles. The summed E-state index contributed by atoms with van der Waals surface area (Å²) in [5, 5.41) is 0. The third kappa shape index (κ3) is 4.17. The van der Waals surface area contributed by atoms with Crippen LogP contribution in [-0.4, -0.2) is 12.5 Å². The molecule has 7 heteroatoms. The lowest BCUT2D eigenvalue weighted by Crippen LogP contribution is -2.35. The molecule has 1 aliphatic carbocycles. The second-order valence-electron chi connectivity index (χ2n) is 5.70. The van der Waals surface area contributed by atoms with Crippen molar-refractivity contribution < 1.29 is 18.3 Å². The van der Waals surface area contributed by atoms with Crippen molar-refractivity contribution in [1.29, 1.82) is 0 Å². The van der Waals surface area contributed by atoms with Gasteiger partial charge < -0.3 is 4.74 Å². The summed E-state index contributed by atoms with van der Waals surface area (Å²) in [6.07, 6.45) is 4.34. The van der Waals surface area contributed by atoms with Crippen LogP contribution in [0.1, 0.15) is 38.5 Å². The molecule has 0 aliphatic heterocycles. The monoisotopic (exact) mass is 364 g/mol. The Bertz CT molecular complexity index is 766. The zero-order chi connectivity index (χ0) is 17.8. The predicted octanol–water partition coefficient (Wildman–Crippen LogP) is 4.13. The summed E-state index contributed by atoms with van der Waals surface area (Å²) >= 11 is 1.50. The van der Waals surface area contributed by atoms with Crippen LogP contribution >= 0.6 is 11.3 Å². The van der Waals surface area contributed by atoms with E-state index in [9.17, 15) is 13.6 Å². The molecule has 25 heavy (non-hydrogen) atoms. The molecule has 3 rings (SSSR count). The Morgan fingerprint density at radius 3 is 2.72 bits per heavy atom. The molecule has 0 fully saturated rings. The number of hydrogen-bond donors (Lipinski definition) is 2. The zero-order valence-corrected chi connectivity index (χ0v) is 14.3. The summed E-state index contributed by atoms with van der Waals surface area (Å²) < 4.78 is 29.4. The SMILES string of the molecule is C=C(NNC(=O)c1cc2c(s1)CCCC2)c1ccccc1OC(F)F. The third-order valence-corrected chi connectivity index (χ3v) is 5.21. The molecule has 1 amide bonds. The van der Waals surface area contributed by atoms with Crippen molar-refractivity contribution in [2.45, 2.75) is 32.3 Å². The van der Waals surface area contributed by atoms with Crippen LogP contribution in [0.4, 0.5) is 8.78 Å². The van der Waals surface area contributed by atoms with Crippen molar-refractivity contribution in [1.82, 2.24) is 10.9 Å². The molecule has 0 spiro atoms. The first kappa shape index (κ1) is 17.4. The predicted molar refractivity (Wildman–Crippen MR) is 93.7 cm³/mol. The van der Waals surface area contributed by atoms with Gasteiger partial charge in [0.1, 0.15) is 5.75 Å². The minimum Gasteiger partial charge on any atom is -0.434 e. The summed E-state index contributed by atoms with van der Waals surface area (Å²) in [4.78, 5) is 14.2. The topological polar surface area (TPSA) is 50.4 Å². The van der Waals surface area contributed by atoms with Gasteiger partial charge in [0.25, 0.3) is 5.91 Å². The quantitative estimate of drug-likeness (QED) is 0.758. The van der Waals surface area contributed by atoms with Crippen LogP contribution in [-0.2, 0) is 12.8 Å². The maximum absolute atomic E-state index is 12.5. The Hall–Kier alpha value is -2.41. The van der Waals surface area contributed by atoms with Gasteiger partial charge in [-0.1, -0.05) is 18.7 Å². The Morgan fingerprint density at radius 2 is 1.96 bits per heavy atom. The highest BCUT2D eigenvalue weighted by Crippen LogP contribution is 2.29. The first-order valence-corrected chi connectivity index (χ1v) is 8.77. The number of alkyl halides is 2. The zero-order valence-electron chi connectivity index (χ0n) is 13.5. The summed E-state index contributed by atoms with van der Waals surface area (Å²) in [5.41, 5.74) is 7.12. The van der Waals surface area contributed by atoms with Crippen LogP contribution in [0.25, 0.3) is 5.70 Å². The van der Waals surface area contributed by atoms with Crippen molar-refractivity contribution in [3.05, 3.63) is 57.8 Å². The molecular weight excluding hydrogens is 346 g/mol. The third-order valence-electron chi connectivity index (χ3n) is 3.98. The number of hydrogen-bond acceptors (Lipinski definition) is 4. The number of aryl methyl sites for hydroxylation is 2. The number of amides is 1. The molecule has 1 aromatic carbocycles. The number of carbonyl (C=O) groups excluding carboxylic acids is 1. The van der Waals surface area contributed by atoms with E-state index >= 15 is 0 Å². The van der Waals surface area contributed by atoms with Gasteiger partial charge in [-0.15, -0.1) is 11.3 Å². The second kappa shape index (κ2) is 7.65. The van der Waals surface area contributed by atoms with Crippen molar-refractivity contribution in [2.75, 3.05) is 0 Å². The molecule has 0 bridgehead atoms. The van der Waals surface area contributed by atoms with E-state index < -0.39 is 6.61 Å². The van der Waals surface area contributed by atoms with Crippen molar-refractivity contribution in [3.63, 3.8) is 0 Å². The van der Waals surface area contributed by atoms with E-state index in [0.29, 0.717) is 10.4 Å². The van der Waals surface area contributed by atoms with E-state index in [-0.39, 0.29) is 17.4 Å². The number of carbonyl (C=O) groups is 1. The van der Waals surface area contributed by atoms with Gasteiger partial charge in [0, 0.05) is 10.4 Å². The fourth-order valence-corrected chi connectivity index (χ4v) is 3.93. The van der Waals surface area contributed by atoms with Gasteiger partial charge in [0.05, 0.1) is 10.6 Å². The Balaban J connectivity index is 1.64. The summed E-state index contributed by atoms with van der Waals surface area (Å²) in [6.45, 7) is 0.847. The standard InChI is InChI=1S/C18H18F2N2O2S/c1-11(13-7-3-4-8-14(13)24-18(19)20)21-22-17(23)16-10-12-6-2-5-9-15(12)25-16/h3-4,7-8,10,18,21H,1-2,5-6,9H2,(H,22,23). The Labute approximate surface area is 148 Å². The van der Waals surface area contributed by atoms with E-state index in [4.69, 9.17) is 0 Å². The minimum atomic E-state index is -2.93. The molecule has 4 nitrogen and oxygen atoms in total. The maximum atomic E-state index is 12.5. The van der Waals surface area contributed by atoms with Gasteiger partial charge >= 0.3 is 6.61 Å². The van der Waals surface area contributed by atoms with Crippen molar-refractivity contribution >= 4 is 22.9 Å². The fraction of sp³-hybridized carbons (Fsp3) is 0.278. The van der Waals surface area contributed by atoms with Gasteiger partial charge in [-0.25, -0.2) is 0 Å². The molecule has 2 N–H and O–H groups in total. The number of fused-ring (bicyclic) bond motifs is 1. The molecular formula is C18H18F2N2O2S. The lowest BCUT2D eigenvalue weighted by molar-refractivity contribution is -0.0500. The molecule has 132 valence electrons. The van der Waals surface area contributed by atoms with E-state index in [1.54, 1.807) is 18.2 Å². The van der Waals surface area contributed by atoms with Gasteiger partial charge in [-0.2, -0.15) is 8.78 Å². The normalized spacial score (nSPS) is 13.2. The minimum absolute atomic E-state index is 0.00385. The first-order valence-electron chi connectivity index (χ1n) is 7.95. The van der Waals surface area contributed by atoms with E-state index in [1.807, 2.05) is 6.07 Å². The molecule has 0 atom stereocenters. The van der Waals surface area contributed by atoms with Crippen LogP contribution in [0, 0.1) is 0 Å². The van der Waals surface area contributed by atoms with Crippen molar-refractivity contribution in [3.8, 4) is 5.75 Å². The van der Waals surface area contributed by atoms with Gasteiger partial charge in [-0.3, -0.25) is 15.6 Å². The average Bonchev–Trinajstić information content (AvgIpc) is 3.03. The molecule has 0 saturated carbocycles. The first-order chi connectivity index (χ1) is 12.0. The number of benzene rings is 1. The van der Waals surface area contributed by atoms with E-state index in [1.165, 1.54) is 27.8 Å². The smallest absolute Gasteiger partial charge is 0.387 e. The number of thiophene rings is 1. The number of nitrogens with one attached hydrogen (secondary N) is 2. The number of ether oxygens (including phenoxy) is 1. The van der Waals surface area contributed by atoms with E-state index in [0.717, 1.165) is 25.7 Å². The van der Waals surface area contributed by atoms with Gasteiger partial charge in [0.2, 0.25) is 0 Å². The van der Waals surface area contributed by atoms with Gasteiger partial charge in [0.15, 0.2) is 0 Å². The molecule has 0 radical (unpaired) electrons. The molecule has 0 unspecified atom stereocenters. The number of rotatable bonds is 6. The van der Waals surface area contributed by atoms with Crippen LogP contribution < -0.4 is 15.6 Å². The van der Waals surface area contributed by atoms with Crippen LogP contribution in [0.3, 0.4) is 0 Å². The van der Waals surface area contributed by atoms with E-state index in [2.05, 4.69) is 22.2 Å². The van der Waals surface area contributed by atoms with Crippen LogP contribution in [0.15, 0.2) is 36.9 Å². The number of para-hydroxylation sites is 1. The maximum Gasteiger partial charge on any atom is 0.387 e. The summed E-state index contributed by atoms with van der Waals surface area (Å²) in [5.74, 6) is -0.274. The van der Waals surface area contributed by atoms with Crippen molar-refractivity contribution in [2.24, 2.45) is 0 Å². The fourth-order valence-electron chi connectivity index (χ4n) is 2.78. The Kier molecular flexibility index (Phi) is 5.33. The van der Waals surface area contributed by atoms with Gasteiger partial charge in [-0.05, 0) is 49.4 Å². The largest absolute Gasteiger partial charge is 0.434 e. The molecule has 2 aromatic rings.